The topological polar surface area (TPSA) is 37.3 Å². The predicted octanol–water partition coefficient (Wildman–Crippen LogP) is 5.96. The van der Waals surface area contributed by atoms with Gasteiger partial charge in [-0.15, -0.1) is 0 Å². The molecule has 0 saturated heterocycles. The summed E-state index contributed by atoms with van der Waals surface area (Å²) in [6.45, 7) is 6.95. The van der Waals surface area contributed by atoms with E-state index in [1.54, 1.807) is 6.08 Å². The summed E-state index contributed by atoms with van der Waals surface area (Å²) in [7, 11) is 0. The third-order valence-corrected chi connectivity index (χ3v) is 3.56. The van der Waals surface area contributed by atoms with Crippen molar-refractivity contribution >= 4 is 5.97 Å². The first-order valence-corrected chi connectivity index (χ1v) is 8.31. The van der Waals surface area contributed by atoms with E-state index in [2.05, 4.69) is 20.8 Å². The van der Waals surface area contributed by atoms with Gasteiger partial charge in [-0.25, -0.2) is 4.79 Å². The molecule has 0 aliphatic heterocycles. The maximum absolute atomic E-state index is 10.2. The highest BCUT2D eigenvalue weighted by atomic mass is 16.4. The van der Waals surface area contributed by atoms with Gasteiger partial charge >= 0.3 is 5.97 Å². The molecule has 0 bridgehead atoms. The number of allylic oxidation sites excluding steroid dienone is 1. The number of hydrogen-bond acceptors (Lipinski definition) is 1. The largest absolute Gasteiger partial charge is 0.478 e. The number of unbranched alkanes of at least 4 members (excludes halogenated alkanes) is 9. The van der Waals surface area contributed by atoms with Crippen LogP contribution in [0.3, 0.4) is 0 Å². The molecule has 2 nitrogen and oxygen atoms in total. The van der Waals surface area contributed by atoms with Crippen LogP contribution in [0.2, 0.25) is 0 Å². The lowest BCUT2D eigenvalue weighted by atomic mass is 9.89. The highest BCUT2D eigenvalue weighted by Crippen LogP contribution is 2.22. The Labute approximate surface area is 125 Å². The van der Waals surface area contributed by atoms with E-state index in [0.29, 0.717) is 5.41 Å². The van der Waals surface area contributed by atoms with Crippen molar-refractivity contribution in [2.45, 2.75) is 91.4 Å². The predicted molar refractivity (Wildman–Crippen MR) is 87.0 cm³/mol. The summed E-state index contributed by atoms with van der Waals surface area (Å²) in [5.74, 6) is -0.837. The Morgan fingerprint density at radius 1 is 0.850 bits per heavy atom. The summed E-state index contributed by atoms with van der Waals surface area (Å²) in [6, 6.07) is 0. The van der Waals surface area contributed by atoms with E-state index >= 15 is 0 Å². The summed E-state index contributed by atoms with van der Waals surface area (Å²) in [5.41, 5.74) is 0.495. The van der Waals surface area contributed by atoms with E-state index in [9.17, 15) is 4.79 Å². The molecule has 0 saturated carbocycles. The second kappa shape index (κ2) is 12.0. The molecule has 0 radical (unpaired) electrons. The number of hydrogen-bond donors (Lipinski definition) is 1. The van der Waals surface area contributed by atoms with Crippen molar-refractivity contribution in [3.63, 3.8) is 0 Å². The van der Waals surface area contributed by atoms with Gasteiger partial charge in [0.2, 0.25) is 0 Å². The van der Waals surface area contributed by atoms with Gasteiger partial charge in [0.25, 0.3) is 0 Å². The third-order valence-electron chi connectivity index (χ3n) is 3.56. The van der Waals surface area contributed by atoms with Crippen LogP contribution >= 0.6 is 0 Å². The molecule has 20 heavy (non-hydrogen) atoms. The minimum atomic E-state index is -0.837. The molecule has 0 aliphatic carbocycles. The van der Waals surface area contributed by atoms with Crippen molar-refractivity contribution in [3.8, 4) is 0 Å². The van der Waals surface area contributed by atoms with E-state index < -0.39 is 5.97 Å². The lowest BCUT2D eigenvalue weighted by molar-refractivity contribution is -0.131. The van der Waals surface area contributed by atoms with E-state index in [-0.39, 0.29) is 0 Å². The number of rotatable bonds is 12. The third kappa shape index (κ3) is 17.2. The fourth-order valence-electron chi connectivity index (χ4n) is 2.34. The number of carboxylic acids is 1. The van der Waals surface area contributed by atoms with E-state index in [1.807, 2.05) is 0 Å². The molecule has 0 fully saturated rings. The summed E-state index contributed by atoms with van der Waals surface area (Å²) in [4.78, 5) is 10.2. The van der Waals surface area contributed by atoms with Gasteiger partial charge < -0.3 is 5.11 Å². The average molecular weight is 282 g/mol. The molecule has 0 aromatic heterocycles. The van der Waals surface area contributed by atoms with Crippen LogP contribution in [0.5, 0.6) is 0 Å². The molecule has 0 atom stereocenters. The quantitative estimate of drug-likeness (QED) is 0.354. The first kappa shape index (κ1) is 19.2. The van der Waals surface area contributed by atoms with Crippen LogP contribution in [-0.2, 0) is 4.79 Å². The zero-order chi connectivity index (χ0) is 15.3. The molecule has 0 aromatic rings. The standard InChI is InChI=1S/C18H34O2/c1-18(2,3)16-14-12-10-8-6-4-5-7-9-11-13-15-17(19)20/h13,15H,4-12,14,16H2,1-3H3,(H,19,20). The Morgan fingerprint density at radius 3 is 1.75 bits per heavy atom. The minimum absolute atomic E-state index is 0.495. The highest BCUT2D eigenvalue weighted by molar-refractivity contribution is 5.79. The van der Waals surface area contributed by atoms with Gasteiger partial charge in [0, 0.05) is 6.08 Å². The molecule has 0 rings (SSSR count). The lowest BCUT2D eigenvalue weighted by Crippen LogP contribution is -2.03. The monoisotopic (exact) mass is 282 g/mol. The van der Waals surface area contributed by atoms with Crippen LogP contribution in [0.1, 0.15) is 91.4 Å². The summed E-state index contributed by atoms with van der Waals surface area (Å²) in [6.07, 6.45) is 17.1. The Balaban J connectivity index is 3.12. The maximum atomic E-state index is 10.2. The van der Waals surface area contributed by atoms with Crippen molar-refractivity contribution in [2.75, 3.05) is 0 Å². The SMILES string of the molecule is CC(C)(C)CCCCCCCCCCCC=CC(=O)O. The van der Waals surface area contributed by atoms with Gasteiger partial charge in [0.1, 0.15) is 0 Å². The first-order valence-electron chi connectivity index (χ1n) is 8.31. The lowest BCUT2D eigenvalue weighted by Gasteiger charge is -2.17. The average Bonchev–Trinajstić information content (AvgIpc) is 2.33. The van der Waals surface area contributed by atoms with Crippen LogP contribution in [0.15, 0.2) is 12.2 Å². The van der Waals surface area contributed by atoms with Gasteiger partial charge in [-0.3, -0.25) is 0 Å². The molecule has 0 aliphatic rings. The molecule has 0 amide bonds. The molecule has 0 heterocycles. The molecule has 0 aromatic carbocycles. The number of carboxylic acid groups (broad SMARTS) is 1. The van der Waals surface area contributed by atoms with Crippen molar-refractivity contribution in [3.05, 3.63) is 12.2 Å². The molecule has 0 spiro atoms. The Hall–Kier alpha value is -0.790. The Morgan fingerprint density at radius 2 is 1.30 bits per heavy atom. The first-order chi connectivity index (χ1) is 9.42. The van der Waals surface area contributed by atoms with Crippen LogP contribution in [0, 0.1) is 5.41 Å². The summed E-state index contributed by atoms with van der Waals surface area (Å²) >= 11 is 0. The van der Waals surface area contributed by atoms with E-state index in [4.69, 9.17) is 5.11 Å². The van der Waals surface area contributed by atoms with Crippen LogP contribution in [-0.4, -0.2) is 11.1 Å². The summed E-state index contributed by atoms with van der Waals surface area (Å²) < 4.78 is 0. The molecule has 118 valence electrons. The van der Waals surface area contributed by atoms with E-state index in [1.165, 1.54) is 63.9 Å². The molecule has 0 unspecified atom stereocenters. The normalized spacial score (nSPS) is 12.2. The second-order valence-electron chi connectivity index (χ2n) is 7.02. The molecule has 2 heteroatoms. The van der Waals surface area contributed by atoms with Gasteiger partial charge in [-0.1, -0.05) is 78.2 Å². The maximum Gasteiger partial charge on any atom is 0.327 e. The van der Waals surface area contributed by atoms with Crippen molar-refractivity contribution in [1.29, 1.82) is 0 Å². The molecular weight excluding hydrogens is 248 g/mol. The second-order valence-corrected chi connectivity index (χ2v) is 7.02. The van der Waals surface area contributed by atoms with Crippen molar-refractivity contribution < 1.29 is 9.90 Å². The van der Waals surface area contributed by atoms with Crippen molar-refractivity contribution in [2.24, 2.45) is 5.41 Å². The smallest absolute Gasteiger partial charge is 0.327 e. The van der Waals surface area contributed by atoms with Crippen molar-refractivity contribution in [1.82, 2.24) is 0 Å². The molecular formula is C18H34O2. The zero-order valence-corrected chi connectivity index (χ0v) is 13.8. The fraction of sp³-hybridized carbons (Fsp3) is 0.833. The Bertz CT molecular complexity index is 261. The van der Waals surface area contributed by atoms with Gasteiger partial charge in [0.05, 0.1) is 0 Å². The van der Waals surface area contributed by atoms with Gasteiger partial charge in [-0.2, -0.15) is 0 Å². The molecule has 1 N–H and O–H groups in total. The zero-order valence-electron chi connectivity index (χ0n) is 13.8. The van der Waals surface area contributed by atoms with Gasteiger partial charge in [-0.05, 0) is 24.7 Å². The Kier molecular flexibility index (Phi) is 11.5. The van der Waals surface area contributed by atoms with Crippen LogP contribution < -0.4 is 0 Å². The van der Waals surface area contributed by atoms with Gasteiger partial charge in [0.15, 0.2) is 0 Å². The van der Waals surface area contributed by atoms with Crippen LogP contribution in [0.25, 0.3) is 0 Å². The summed E-state index contributed by atoms with van der Waals surface area (Å²) in [5, 5.41) is 8.43. The van der Waals surface area contributed by atoms with Crippen LogP contribution in [0.4, 0.5) is 0 Å². The number of aliphatic carboxylic acids is 1. The highest BCUT2D eigenvalue weighted by Gasteiger charge is 2.08. The van der Waals surface area contributed by atoms with E-state index in [0.717, 1.165) is 12.8 Å². The minimum Gasteiger partial charge on any atom is -0.478 e. The fourth-order valence-corrected chi connectivity index (χ4v) is 2.34. The number of carbonyl (C=O) groups is 1.